The van der Waals surface area contributed by atoms with E-state index in [1.807, 2.05) is 6.07 Å². The number of nitrogens with zero attached hydrogens (tertiary/aromatic N) is 4. The van der Waals surface area contributed by atoms with Crippen LogP contribution in [0.4, 0.5) is 4.39 Å². The molecule has 162 valence electrons. The molecule has 0 bridgehead atoms. The van der Waals surface area contributed by atoms with Gasteiger partial charge in [0.1, 0.15) is 11.9 Å². The van der Waals surface area contributed by atoms with Crippen LogP contribution < -0.4 is 0 Å². The molecule has 0 radical (unpaired) electrons. The molecule has 0 saturated carbocycles. The van der Waals surface area contributed by atoms with Gasteiger partial charge in [0.25, 0.3) is 11.8 Å². The summed E-state index contributed by atoms with van der Waals surface area (Å²) in [5.74, 6) is -0.210. The molecule has 31 heavy (non-hydrogen) atoms. The molecule has 0 aliphatic carbocycles. The summed E-state index contributed by atoms with van der Waals surface area (Å²) < 4.78 is 46.3. The molecule has 0 spiro atoms. The molecule has 1 saturated heterocycles. The average Bonchev–Trinajstić information content (AvgIpc) is 3.07. The van der Waals surface area contributed by atoms with E-state index in [0.717, 1.165) is 12.1 Å². The maximum absolute atomic E-state index is 13.3. The molecule has 2 heterocycles. The molecule has 1 unspecified atom stereocenters. The van der Waals surface area contributed by atoms with E-state index in [1.54, 1.807) is 36.1 Å². The number of aromatic nitrogens is 2. The molecule has 1 aliphatic rings. The van der Waals surface area contributed by atoms with Crippen molar-refractivity contribution in [2.24, 2.45) is 0 Å². The van der Waals surface area contributed by atoms with Crippen molar-refractivity contribution in [2.45, 2.75) is 24.3 Å². The van der Waals surface area contributed by atoms with Gasteiger partial charge in [0.05, 0.1) is 4.90 Å². The zero-order valence-electron chi connectivity index (χ0n) is 16.8. The fourth-order valence-electron chi connectivity index (χ4n) is 3.58. The Labute approximate surface area is 179 Å². The van der Waals surface area contributed by atoms with Crippen molar-refractivity contribution >= 4 is 15.9 Å². The van der Waals surface area contributed by atoms with Crippen molar-refractivity contribution in [3.05, 3.63) is 77.7 Å². The van der Waals surface area contributed by atoms with E-state index in [9.17, 15) is 17.6 Å². The average molecular weight is 444 g/mol. The monoisotopic (exact) mass is 444 g/mol. The summed E-state index contributed by atoms with van der Waals surface area (Å²) in [5.41, 5.74) is 0.485. The summed E-state index contributed by atoms with van der Waals surface area (Å²) >= 11 is 0. The van der Waals surface area contributed by atoms with Crippen LogP contribution in [-0.2, 0) is 10.0 Å². The minimum atomic E-state index is -3.91. The Hall–Kier alpha value is -3.11. The van der Waals surface area contributed by atoms with E-state index in [-0.39, 0.29) is 29.8 Å². The van der Waals surface area contributed by atoms with Crippen LogP contribution in [0.15, 0.2) is 64.0 Å². The lowest BCUT2D eigenvalue weighted by atomic mass is 10.1. The molecule has 2 aromatic carbocycles. The number of hydrogen-bond donors (Lipinski definition) is 0. The lowest BCUT2D eigenvalue weighted by molar-refractivity contribution is 0.0648. The van der Waals surface area contributed by atoms with Crippen molar-refractivity contribution in [3.63, 3.8) is 0 Å². The van der Waals surface area contributed by atoms with E-state index < -0.39 is 21.9 Å². The summed E-state index contributed by atoms with van der Waals surface area (Å²) in [5, 5.41) is 3.81. The van der Waals surface area contributed by atoms with Crippen molar-refractivity contribution in [2.75, 3.05) is 19.6 Å². The van der Waals surface area contributed by atoms with Crippen LogP contribution in [0.3, 0.4) is 0 Å². The Morgan fingerprint density at radius 2 is 1.81 bits per heavy atom. The number of carbonyl (C=O) groups excluding carboxylic acids is 1. The topological polar surface area (TPSA) is 96.6 Å². The summed E-state index contributed by atoms with van der Waals surface area (Å²) in [6, 6.07) is 12.7. The summed E-state index contributed by atoms with van der Waals surface area (Å²) in [6.45, 7) is 2.11. The standard InChI is InChI=1S/C21H21FN4O4S/c1-15-23-20(30-24-15)19-14-25(31(28,29)18-10-8-17(22)9-11-18)12-5-13-26(19)21(27)16-6-3-2-4-7-16/h2-4,6-11,19H,5,12-14H2,1H3. The number of carbonyl (C=O) groups is 1. The van der Waals surface area contributed by atoms with Gasteiger partial charge in [0, 0.05) is 25.2 Å². The van der Waals surface area contributed by atoms with Crippen LogP contribution in [-0.4, -0.2) is 53.3 Å². The third-order valence-corrected chi connectivity index (χ3v) is 7.00. The fraction of sp³-hybridized carbons (Fsp3) is 0.286. The van der Waals surface area contributed by atoms with Gasteiger partial charge in [-0.2, -0.15) is 9.29 Å². The number of sulfonamides is 1. The Bertz CT molecular complexity index is 1170. The molecular formula is C21H21FN4O4S. The molecule has 1 atom stereocenters. The zero-order valence-corrected chi connectivity index (χ0v) is 17.6. The van der Waals surface area contributed by atoms with Crippen LogP contribution >= 0.6 is 0 Å². The maximum Gasteiger partial charge on any atom is 0.254 e. The number of halogens is 1. The smallest absolute Gasteiger partial charge is 0.254 e. The van der Waals surface area contributed by atoms with Crippen LogP contribution in [0.25, 0.3) is 0 Å². The Morgan fingerprint density at radius 1 is 1.10 bits per heavy atom. The van der Waals surface area contributed by atoms with E-state index in [0.29, 0.717) is 24.4 Å². The quantitative estimate of drug-likeness (QED) is 0.614. The number of aryl methyl sites for hydroxylation is 1. The first-order chi connectivity index (χ1) is 14.9. The second kappa shape index (κ2) is 8.56. The second-order valence-electron chi connectivity index (χ2n) is 7.23. The third-order valence-electron chi connectivity index (χ3n) is 5.12. The highest BCUT2D eigenvalue weighted by Crippen LogP contribution is 2.29. The fourth-order valence-corrected chi connectivity index (χ4v) is 5.06. The number of hydrogen-bond acceptors (Lipinski definition) is 6. The first-order valence-corrected chi connectivity index (χ1v) is 11.2. The molecule has 0 N–H and O–H groups in total. The predicted octanol–water partition coefficient (Wildman–Crippen LogP) is 2.80. The molecular weight excluding hydrogens is 423 g/mol. The van der Waals surface area contributed by atoms with Gasteiger partial charge in [0.2, 0.25) is 10.0 Å². The maximum atomic E-state index is 13.3. The minimum Gasteiger partial charge on any atom is -0.337 e. The van der Waals surface area contributed by atoms with Crippen molar-refractivity contribution < 1.29 is 22.1 Å². The molecule has 1 amide bonds. The third kappa shape index (κ3) is 4.35. The predicted molar refractivity (Wildman–Crippen MR) is 109 cm³/mol. The van der Waals surface area contributed by atoms with Crippen LogP contribution in [0.1, 0.15) is 34.5 Å². The minimum absolute atomic E-state index is 0.0165. The normalized spacial score (nSPS) is 18.0. The van der Waals surface area contributed by atoms with Gasteiger partial charge >= 0.3 is 0 Å². The molecule has 1 aromatic heterocycles. The Morgan fingerprint density at radius 3 is 2.45 bits per heavy atom. The van der Waals surface area contributed by atoms with Gasteiger partial charge < -0.3 is 9.42 Å². The van der Waals surface area contributed by atoms with Crippen LogP contribution in [0.2, 0.25) is 0 Å². The summed E-state index contributed by atoms with van der Waals surface area (Å²) in [4.78, 5) is 19.0. The zero-order chi connectivity index (χ0) is 22.0. The first-order valence-electron chi connectivity index (χ1n) is 9.78. The van der Waals surface area contributed by atoms with Crippen molar-refractivity contribution in [3.8, 4) is 0 Å². The molecule has 8 nitrogen and oxygen atoms in total. The van der Waals surface area contributed by atoms with Crippen molar-refractivity contribution in [1.29, 1.82) is 0 Å². The largest absolute Gasteiger partial charge is 0.337 e. The summed E-state index contributed by atoms with van der Waals surface area (Å²) in [6.07, 6.45) is 0.419. The van der Waals surface area contributed by atoms with Gasteiger partial charge in [-0.3, -0.25) is 4.79 Å². The van der Waals surface area contributed by atoms with Gasteiger partial charge in [-0.1, -0.05) is 23.4 Å². The number of benzene rings is 2. The molecule has 3 aromatic rings. The van der Waals surface area contributed by atoms with Crippen molar-refractivity contribution in [1.82, 2.24) is 19.3 Å². The number of amides is 1. The summed E-state index contributed by atoms with van der Waals surface area (Å²) in [7, 11) is -3.91. The molecule has 10 heteroatoms. The van der Waals surface area contributed by atoms with E-state index in [1.165, 1.54) is 16.4 Å². The lowest BCUT2D eigenvalue weighted by Gasteiger charge is -2.29. The lowest BCUT2D eigenvalue weighted by Crippen LogP contribution is -2.40. The highest BCUT2D eigenvalue weighted by atomic mass is 32.2. The van der Waals surface area contributed by atoms with E-state index >= 15 is 0 Å². The SMILES string of the molecule is Cc1noc(C2CN(S(=O)(=O)c3ccc(F)cc3)CCCN2C(=O)c2ccccc2)n1. The second-order valence-corrected chi connectivity index (χ2v) is 9.17. The van der Waals surface area contributed by atoms with Gasteiger partial charge in [-0.25, -0.2) is 12.8 Å². The first kappa shape index (κ1) is 21.1. The van der Waals surface area contributed by atoms with E-state index in [2.05, 4.69) is 10.1 Å². The van der Waals surface area contributed by atoms with E-state index in [4.69, 9.17) is 4.52 Å². The van der Waals surface area contributed by atoms with Gasteiger partial charge in [0.15, 0.2) is 5.82 Å². The van der Waals surface area contributed by atoms with Gasteiger partial charge in [-0.15, -0.1) is 0 Å². The Kier molecular flexibility index (Phi) is 5.84. The molecule has 1 fully saturated rings. The molecule has 4 rings (SSSR count). The highest BCUT2D eigenvalue weighted by Gasteiger charge is 2.38. The van der Waals surface area contributed by atoms with Crippen LogP contribution in [0.5, 0.6) is 0 Å². The van der Waals surface area contributed by atoms with Gasteiger partial charge in [-0.05, 0) is 49.7 Å². The molecule has 1 aliphatic heterocycles. The Balaban J connectivity index is 1.70. The van der Waals surface area contributed by atoms with Crippen LogP contribution in [0, 0.1) is 12.7 Å². The number of rotatable bonds is 4. The highest BCUT2D eigenvalue weighted by molar-refractivity contribution is 7.89.